The number of anilines is 1. The van der Waals surface area contributed by atoms with Crippen LogP contribution in [-0.4, -0.2) is 68.2 Å². The number of ether oxygens (including phenoxy) is 1. The largest absolute Gasteiger partial charge is 0.383 e. The molecule has 9 nitrogen and oxygen atoms in total. The Morgan fingerprint density at radius 1 is 1.10 bits per heavy atom. The van der Waals surface area contributed by atoms with Gasteiger partial charge in [-0.1, -0.05) is 18.2 Å². The highest BCUT2D eigenvalue weighted by Gasteiger charge is 2.33. The number of amides is 3. The van der Waals surface area contributed by atoms with Gasteiger partial charge in [0.2, 0.25) is 0 Å². The summed E-state index contributed by atoms with van der Waals surface area (Å²) in [4.78, 5) is 37.4. The lowest BCUT2D eigenvalue weighted by molar-refractivity contribution is -0.140. The summed E-state index contributed by atoms with van der Waals surface area (Å²) in [5.41, 5.74) is 3.25. The lowest BCUT2D eigenvalue weighted by Crippen LogP contribution is -2.54. The van der Waals surface area contributed by atoms with E-state index in [-0.39, 0.29) is 5.56 Å². The lowest BCUT2D eigenvalue weighted by atomic mass is 10.0. The quantitative estimate of drug-likeness (QED) is 0.205. The van der Waals surface area contributed by atoms with Gasteiger partial charge < -0.3 is 20.3 Å². The van der Waals surface area contributed by atoms with Crippen LogP contribution in [0.5, 0.6) is 0 Å². The van der Waals surface area contributed by atoms with Gasteiger partial charge in [0.1, 0.15) is 5.82 Å². The fourth-order valence-electron chi connectivity index (χ4n) is 2.92. The number of carbonyl (C=O) groups excluding carboxylic acids is 3. The Kier molecular flexibility index (Phi) is 8.47. The zero-order valence-electron chi connectivity index (χ0n) is 17.4. The molecule has 2 aromatic carbocycles. The maximum atomic E-state index is 14.3. The van der Waals surface area contributed by atoms with Crippen LogP contribution < -0.4 is 16.1 Å². The first-order chi connectivity index (χ1) is 14.8. The number of halogens is 1. The first-order valence-corrected chi connectivity index (χ1v) is 9.39. The second-order valence-electron chi connectivity index (χ2n) is 6.60. The number of likely N-dealkylation sites (N-methyl/N-ethyl adjacent to an activating group) is 2. The van der Waals surface area contributed by atoms with E-state index in [2.05, 4.69) is 10.6 Å². The van der Waals surface area contributed by atoms with Crippen molar-refractivity contribution in [3.8, 4) is 11.1 Å². The summed E-state index contributed by atoms with van der Waals surface area (Å²) >= 11 is 0. The molecule has 0 radical (unpaired) electrons. The Morgan fingerprint density at radius 2 is 1.74 bits per heavy atom. The second-order valence-corrected chi connectivity index (χ2v) is 6.60. The average molecular weight is 432 g/mol. The summed E-state index contributed by atoms with van der Waals surface area (Å²) in [5, 5.41) is 14.1. The molecular formula is C21H25FN4O5. The number of nitrogens with one attached hydrogen (secondary N) is 3. The van der Waals surface area contributed by atoms with Crippen LogP contribution in [0, 0.1) is 5.82 Å². The van der Waals surface area contributed by atoms with Crippen molar-refractivity contribution in [2.45, 2.75) is 6.04 Å². The third-order valence-electron chi connectivity index (χ3n) is 4.62. The SMILES string of the molecule is CNC(=O)C(C(=O)NO)N(C)C(=O)c1ccc(-c2ccc(NCCOC)c(F)c2)cc1. The smallest absolute Gasteiger partial charge is 0.275 e. The van der Waals surface area contributed by atoms with Gasteiger partial charge >= 0.3 is 0 Å². The Morgan fingerprint density at radius 3 is 2.29 bits per heavy atom. The highest BCUT2D eigenvalue weighted by Crippen LogP contribution is 2.25. The van der Waals surface area contributed by atoms with E-state index in [0.717, 1.165) is 4.90 Å². The van der Waals surface area contributed by atoms with E-state index in [9.17, 15) is 18.8 Å². The minimum atomic E-state index is -1.55. The van der Waals surface area contributed by atoms with E-state index in [0.29, 0.717) is 30.0 Å². The number of methoxy groups -OCH3 is 1. The Bertz CT molecular complexity index is 920. The molecule has 10 heteroatoms. The van der Waals surface area contributed by atoms with E-state index in [1.54, 1.807) is 31.4 Å². The van der Waals surface area contributed by atoms with Crippen LogP contribution in [0.15, 0.2) is 42.5 Å². The van der Waals surface area contributed by atoms with Gasteiger partial charge in [0.25, 0.3) is 17.7 Å². The molecule has 4 N–H and O–H groups in total. The predicted molar refractivity (Wildman–Crippen MR) is 112 cm³/mol. The zero-order valence-corrected chi connectivity index (χ0v) is 17.4. The molecule has 0 bridgehead atoms. The highest BCUT2D eigenvalue weighted by molar-refractivity contribution is 6.08. The number of hydrogen-bond acceptors (Lipinski definition) is 6. The van der Waals surface area contributed by atoms with Gasteiger partial charge in [0.05, 0.1) is 12.3 Å². The molecule has 0 saturated heterocycles. The summed E-state index contributed by atoms with van der Waals surface area (Å²) in [7, 11) is 4.15. The van der Waals surface area contributed by atoms with Gasteiger partial charge in [-0.15, -0.1) is 0 Å². The van der Waals surface area contributed by atoms with Crippen LogP contribution in [0.2, 0.25) is 0 Å². The van der Waals surface area contributed by atoms with Crippen molar-refractivity contribution in [2.75, 3.05) is 39.7 Å². The van der Waals surface area contributed by atoms with Gasteiger partial charge in [-0.05, 0) is 35.4 Å². The van der Waals surface area contributed by atoms with Gasteiger partial charge in [-0.3, -0.25) is 19.6 Å². The number of hydrogen-bond donors (Lipinski definition) is 4. The number of carbonyl (C=O) groups is 3. The second kappa shape index (κ2) is 11.0. The van der Waals surface area contributed by atoms with Crippen LogP contribution in [0.1, 0.15) is 10.4 Å². The molecule has 0 aliphatic carbocycles. The van der Waals surface area contributed by atoms with Gasteiger partial charge in [0.15, 0.2) is 6.04 Å². The molecule has 1 unspecified atom stereocenters. The van der Waals surface area contributed by atoms with Crippen LogP contribution >= 0.6 is 0 Å². The Balaban J connectivity index is 2.19. The topological polar surface area (TPSA) is 120 Å². The van der Waals surface area contributed by atoms with Crippen molar-refractivity contribution < 1.29 is 28.7 Å². The molecule has 2 aromatic rings. The van der Waals surface area contributed by atoms with Crippen molar-refractivity contribution in [3.05, 3.63) is 53.8 Å². The number of rotatable bonds is 9. The molecule has 0 heterocycles. The lowest BCUT2D eigenvalue weighted by Gasteiger charge is -2.25. The monoisotopic (exact) mass is 432 g/mol. The fraction of sp³-hybridized carbons (Fsp3) is 0.286. The summed E-state index contributed by atoms with van der Waals surface area (Å²) in [6.45, 7) is 0.925. The van der Waals surface area contributed by atoms with E-state index in [1.807, 2.05) is 0 Å². The molecule has 0 fully saturated rings. The maximum Gasteiger partial charge on any atom is 0.275 e. The maximum absolute atomic E-state index is 14.3. The van der Waals surface area contributed by atoms with E-state index < -0.39 is 29.6 Å². The fourth-order valence-corrected chi connectivity index (χ4v) is 2.92. The zero-order chi connectivity index (χ0) is 23.0. The molecule has 1 atom stereocenters. The molecule has 0 saturated carbocycles. The van der Waals surface area contributed by atoms with Crippen LogP contribution in [0.3, 0.4) is 0 Å². The molecule has 2 rings (SSSR count). The molecule has 0 spiro atoms. The number of nitrogens with zero attached hydrogens (tertiary/aromatic N) is 1. The molecule has 31 heavy (non-hydrogen) atoms. The minimum absolute atomic E-state index is 0.212. The van der Waals surface area contributed by atoms with Gasteiger partial charge in [-0.25, -0.2) is 9.87 Å². The third-order valence-corrected chi connectivity index (χ3v) is 4.62. The minimum Gasteiger partial charge on any atom is -0.383 e. The van der Waals surface area contributed by atoms with Gasteiger partial charge in [-0.2, -0.15) is 0 Å². The third kappa shape index (κ3) is 5.77. The van der Waals surface area contributed by atoms with Crippen LogP contribution in [-0.2, 0) is 14.3 Å². The number of benzene rings is 2. The van der Waals surface area contributed by atoms with E-state index >= 15 is 0 Å². The first kappa shape index (κ1) is 23.8. The molecular weight excluding hydrogens is 407 g/mol. The molecule has 0 aliphatic rings. The molecule has 0 aliphatic heterocycles. The van der Waals surface area contributed by atoms with E-state index in [4.69, 9.17) is 9.94 Å². The normalized spacial score (nSPS) is 11.4. The summed E-state index contributed by atoms with van der Waals surface area (Å²) in [5.74, 6) is -2.82. The summed E-state index contributed by atoms with van der Waals surface area (Å²) in [6, 6.07) is 9.48. The van der Waals surface area contributed by atoms with Crippen molar-refractivity contribution in [1.29, 1.82) is 0 Å². The van der Waals surface area contributed by atoms with Crippen molar-refractivity contribution in [1.82, 2.24) is 15.7 Å². The molecule has 166 valence electrons. The Labute approximate surface area is 179 Å². The van der Waals surface area contributed by atoms with E-state index in [1.165, 1.54) is 37.8 Å². The summed E-state index contributed by atoms with van der Waals surface area (Å²) in [6.07, 6.45) is 0. The summed E-state index contributed by atoms with van der Waals surface area (Å²) < 4.78 is 19.2. The first-order valence-electron chi connectivity index (χ1n) is 9.39. The standard InChI is InChI=1S/C21H25FN4O5/c1-23-19(27)18(20(28)25-30)26(2)21(29)14-6-4-13(5-7-14)15-8-9-17(16(22)12-15)24-10-11-31-3/h4-9,12,18,24,30H,10-11H2,1-3H3,(H,23,27)(H,25,28). The van der Waals surface area contributed by atoms with Crippen molar-refractivity contribution in [3.63, 3.8) is 0 Å². The van der Waals surface area contributed by atoms with Gasteiger partial charge in [0, 0.05) is 33.3 Å². The van der Waals surface area contributed by atoms with Crippen LogP contribution in [0.25, 0.3) is 11.1 Å². The number of hydroxylamine groups is 1. The Hall–Kier alpha value is -3.50. The highest BCUT2D eigenvalue weighted by atomic mass is 19.1. The predicted octanol–water partition coefficient (Wildman–Crippen LogP) is 1.24. The van der Waals surface area contributed by atoms with Crippen molar-refractivity contribution in [2.24, 2.45) is 0 Å². The average Bonchev–Trinajstić information content (AvgIpc) is 2.79. The van der Waals surface area contributed by atoms with Crippen molar-refractivity contribution >= 4 is 23.4 Å². The molecule has 0 aromatic heterocycles. The van der Waals surface area contributed by atoms with Crippen LogP contribution in [0.4, 0.5) is 10.1 Å². The molecule has 3 amide bonds.